The SMILES string of the molecule is O=C(CSc1nnc(-c2ccccc2)o1)N1CCN(Cc2cccc3ccccc23)CC1. The van der Waals surface area contributed by atoms with Crippen LogP contribution in [0.2, 0.25) is 0 Å². The zero-order chi connectivity index (χ0) is 21.8. The van der Waals surface area contributed by atoms with E-state index < -0.39 is 0 Å². The number of hydrogen-bond acceptors (Lipinski definition) is 6. The van der Waals surface area contributed by atoms with Gasteiger partial charge in [-0.05, 0) is 28.5 Å². The molecule has 5 rings (SSSR count). The Hall–Kier alpha value is -3.16. The summed E-state index contributed by atoms with van der Waals surface area (Å²) < 4.78 is 5.69. The van der Waals surface area contributed by atoms with Crippen LogP contribution in [0, 0.1) is 0 Å². The van der Waals surface area contributed by atoms with E-state index in [0.717, 1.165) is 38.3 Å². The number of thioether (sulfide) groups is 1. The minimum Gasteiger partial charge on any atom is -0.411 e. The Bertz CT molecular complexity index is 1200. The number of piperazine rings is 1. The Balaban J connectivity index is 1.12. The van der Waals surface area contributed by atoms with Gasteiger partial charge in [0.2, 0.25) is 11.8 Å². The van der Waals surface area contributed by atoms with E-state index in [9.17, 15) is 4.79 Å². The lowest BCUT2D eigenvalue weighted by Crippen LogP contribution is -2.48. The maximum Gasteiger partial charge on any atom is 0.277 e. The predicted molar refractivity (Wildman–Crippen MR) is 126 cm³/mol. The highest BCUT2D eigenvalue weighted by Gasteiger charge is 2.22. The first-order valence-electron chi connectivity index (χ1n) is 10.7. The topological polar surface area (TPSA) is 62.5 Å². The molecule has 0 N–H and O–H groups in total. The van der Waals surface area contributed by atoms with Gasteiger partial charge >= 0.3 is 0 Å². The smallest absolute Gasteiger partial charge is 0.277 e. The quantitative estimate of drug-likeness (QED) is 0.413. The van der Waals surface area contributed by atoms with E-state index >= 15 is 0 Å². The lowest BCUT2D eigenvalue weighted by atomic mass is 10.0. The van der Waals surface area contributed by atoms with Crippen molar-refractivity contribution in [3.05, 3.63) is 78.4 Å². The Labute approximate surface area is 191 Å². The van der Waals surface area contributed by atoms with Gasteiger partial charge < -0.3 is 9.32 Å². The van der Waals surface area contributed by atoms with Crippen molar-refractivity contribution in [2.24, 2.45) is 0 Å². The van der Waals surface area contributed by atoms with Crippen LogP contribution in [-0.2, 0) is 11.3 Å². The molecule has 0 saturated carbocycles. The Morgan fingerprint density at radius 1 is 0.875 bits per heavy atom. The molecule has 0 aliphatic carbocycles. The average molecular weight is 445 g/mol. The zero-order valence-corrected chi connectivity index (χ0v) is 18.5. The van der Waals surface area contributed by atoms with Crippen molar-refractivity contribution < 1.29 is 9.21 Å². The summed E-state index contributed by atoms with van der Waals surface area (Å²) in [6, 6.07) is 24.6. The molecule has 0 bridgehead atoms. The molecule has 7 heteroatoms. The first kappa shape index (κ1) is 20.7. The van der Waals surface area contributed by atoms with Crippen LogP contribution in [-0.4, -0.2) is 57.8 Å². The fourth-order valence-corrected chi connectivity index (χ4v) is 4.67. The van der Waals surface area contributed by atoms with Crippen molar-refractivity contribution in [3.8, 4) is 11.5 Å². The maximum absolute atomic E-state index is 12.7. The molecule has 3 aromatic carbocycles. The second-order valence-electron chi connectivity index (χ2n) is 7.82. The highest BCUT2D eigenvalue weighted by atomic mass is 32.2. The largest absolute Gasteiger partial charge is 0.411 e. The molecular formula is C25H24N4O2S. The Kier molecular flexibility index (Phi) is 6.18. The van der Waals surface area contributed by atoms with Crippen LogP contribution in [0.25, 0.3) is 22.2 Å². The zero-order valence-electron chi connectivity index (χ0n) is 17.7. The van der Waals surface area contributed by atoms with Crippen LogP contribution in [0.15, 0.2) is 82.4 Å². The molecule has 2 heterocycles. The van der Waals surface area contributed by atoms with Crippen molar-refractivity contribution >= 4 is 28.4 Å². The molecule has 162 valence electrons. The minimum absolute atomic E-state index is 0.110. The van der Waals surface area contributed by atoms with Gasteiger partial charge in [0.1, 0.15) is 0 Å². The van der Waals surface area contributed by atoms with Crippen molar-refractivity contribution in [1.29, 1.82) is 0 Å². The molecule has 1 aliphatic heterocycles. The highest BCUT2D eigenvalue weighted by Crippen LogP contribution is 2.24. The number of benzene rings is 3. The number of aromatic nitrogens is 2. The van der Waals surface area contributed by atoms with Crippen molar-refractivity contribution in [2.45, 2.75) is 11.8 Å². The van der Waals surface area contributed by atoms with Gasteiger partial charge in [-0.25, -0.2) is 0 Å². The van der Waals surface area contributed by atoms with E-state index in [-0.39, 0.29) is 5.91 Å². The number of carbonyl (C=O) groups excluding carboxylic acids is 1. The first-order chi connectivity index (χ1) is 15.8. The molecule has 1 amide bonds. The second kappa shape index (κ2) is 9.54. The predicted octanol–water partition coefficient (Wildman–Crippen LogP) is 4.33. The van der Waals surface area contributed by atoms with E-state index in [4.69, 9.17) is 4.42 Å². The number of fused-ring (bicyclic) bond motifs is 1. The molecule has 1 fully saturated rings. The third-order valence-electron chi connectivity index (χ3n) is 5.75. The molecule has 6 nitrogen and oxygen atoms in total. The van der Waals surface area contributed by atoms with Gasteiger partial charge in [-0.1, -0.05) is 72.4 Å². The summed E-state index contributed by atoms with van der Waals surface area (Å²) in [5.41, 5.74) is 2.21. The third-order valence-corrected chi connectivity index (χ3v) is 6.55. The maximum atomic E-state index is 12.7. The van der Waals surface area contributed by atoms with Gasteiger partial charge in [0.15, 0.2) is 0 Å². The summed E-state index contributed by atoms with van der Waals surface area (Å²) in [5.74, 6) is 0.890. The normalized spacial score (nSPS) is 14.7. The third kappa shape index (κ3) is 4.69. The Morgan fingerprint density at radius 3 is 2.47 bits per heavy atom. The van der Waals surface area contributed by atoms with Crippen molar-refractivity contribution in [1.82, 2.24) is 20.0 Å². The number of hydrogen-bond donors (Lipinski definition) is 0. The Morgan fingerprint density at radius 2 is 1.62 bits per heavy atom. The van der Waals surface area contributed by atoms with Gasteiger partial charge in [-0.2, -0.15) is 0 Å². The molecule has 1 aromatic heterocycles. The number of nitrogens with zero attached hydrogens (tertiary/aromatic N) is 4. The molecule has 0 unspecified atom stereocenters. The summed E-state index contributed by atoms with van der Waals surface area (Å²) in [5, 5.41) is 11.1. The van der Waals surface area contributed by atoms with E-state index in [2.05, 4.69) is 57.6 Å². The summed E-state index contributed by atoms with van der Waals surface area (Å²) in [4.78, 5) is 17.0. The standard InChI is InChI=1S/C25H24N4O2S/c30-23(18-32-25-27-26-24(31-25)20-8-2-1-3-9-20)29-15-13-28(14-16-29)17-21-11-6-10-19-7-4-5-12-22(19)21/h1-12H,13-18H2. The van der Waals surface area contributed by atoms with Gasteiger partial charge in [0, 0.05) is 38.3 Å². The molecule has 1 aliphatic rings. The molecule has 32 heavy (non-hydrogen) atoms. The monoisotopic (exact) mass is 444 g/mol. The molecule has 0 atom stereocenters. The molecule has 0 spiro atoms. The number of rotatable bonds is 6. The van der Waals surface area contributed by atoms with Crippen LogP contribution in [0.5, 0.6) is 0 Å². The van der Waals surface area contributed by atoms with Crippen LogP contribution >= 0.6 is 11.8 Å². The fourth-order valence-electron chi connectivity index (χ4n) is 4.01. The van der Waals surface area contributed by atoms with Crippen molar-refractivity contribution in [3.63, 3.8) is 0 Å². The first-order valence-corrected chi connectivity index (χ1v) is 11.7. The van der Waals surface area contributed by atoms with Crippen LogP contribution < -0.4 is 0 Å². The minimum atomic E-state index is 0.110. The molecule has 0 radical (unpaired) electrons. The second-order valence-corrected chi connectivity index (χ2v) is 8.75. The lowest BCUT2D eigenvalue weighted by Gasteiger charge is -2.34. The number of carbonyl (C=O) groups is 1. The lowest BCUT2D eigenvalue weighted by molar-refractivity contribution is -0.130. The van der Waals surface area contributed by atoms with E-state index in [1.165, 1.54) is 28.1 Å². The molecule has 4 aromatic rings. The van der Waals surface area contributed by atoms with Gasteiger partial charge in [-0.15, -0.1) is 10.2 Å². The summed E-state index contributed by atoms with van der Waals surface area (Å²) in [6.07, 6.45) is 0. The molecular weight excluding hydrogens is 420 g/mol. The molecule has 1 saturated heterocycles. The summed E-state index contributed by atoms with van der Waals surface area (Å²) in [6.45, 7) is 4.13. The fraction of sp³-hybridized carbons (Fsp3) is 0.240. The van der Waals surface area contributed by atoms with Gasteiger partial charge in [0.25, 0.3) is 5.22 Å². The van der Waals surface area contributed by atoms with Gasteiger partial charge in [-0.3, -0.25) is 9.69 Å². The van der Waals surface area contributed by atoms with Crippen LogP contribution in [0.3, 0.4) is 0 Å². The van der Waals surface area contributed by atoms with E-state index in [1.807, 2.05) is 35.2 Å². The van der Waals surface area contributed by atoms with Crippen LogP contribution in [0.4, 0.5) is 0 Å². The van der Waals surface area contributed by atoms with E-state index in [0.29, 0.717) is 16.9 Å². The van der Waals surface area contributed by atoms with Crippen molar-refractivity contribution in [2.75, 3.05) is 31.9 Å². The summed E-state index contributed by atoms with van der Waals surface area (Å²) in [7, 11) is 0. The average Bonchev–Trinajstić information content (AvgIpc) is 3.33. The van der Waals surface area contributed by atoms with Gasteiger partial charge in [0.05, 0.1) is 5.75 Å². The van der Waals surface area contributed by atoms with Crippen LogP contribution in [0.1, 0.15) is 5.56 Å². The summed E-state index contributed by atoms with van der Waals surface area (Å²) >= 11 is 1.30. The number of amides is 1. The highest BCUT2D eigenvalue weighted by molar-refractivity contribution is 7.99. The van der Waals surface area contributed by atoms with E-state index in [1.54, 1.807) is 0 Å².